The fourth-order valence-electron chi connectivity index (χ4n) is 3.01. The average Bonchev–Trinajstić information content (AvgIpc) is 3.11. The smallest absolute Gasteiger partial charge is 0.239 e. The van der Waals surface area contributed by atoms with Crippen LogP contribution in [0.2, 0.25) is 0 Å². The Kier molecular flexibility index (Phi) is 5.99. The van der Waals surface area contributed by atoms with Crippen LogP contribution in [0.3, 0.4) is 0 Å². The molecule has 0 atom stereocenters. The topological polar surface area (TPSA) is 132 Å². The zero-order chi connectivity index (χ0) is 22.7. The molecule has 0 aliphatic carbocycles. The third-order valence-corrected chi connectivity index (χ3v) is 4.78. The van der Waals surface area contributed by atoms with Crippen LogP contribution in [0, 0.1) is 6.92 Å². The summed E-state index contributed by atoms with van der Waals surface area (Å²) in [4.78, 5) is 29.0. The molecule has 0 aliphatic rings. The van der Waals surface area contributed by atoms with Gasteiger partial charge in [0.25, 0.3) is 0 Å². The van der Waals surface area contributed by atoms with Crippen molar-refractivity contribution in [2.45, 2.75) is 6.92 Å². The van der Waals surface area contributed by atoms with Gasteiger partial charge < -0.3 is 20.7 Å². The number of alkyl halides is 1. The lowest BCUT2D eigenvalue weighted by Crippen LogP contribution is -2.13. The van der Waals surface area contributed by atoms with E-state index in [0.717, 1.165) is 5.69 Å². The highest BCUT2D eigenvalue weighted by molar-refractivity contribution is 6.29. The lowest BCUT2D eigenvalue weighted by molar-refractivity contribution is -0.113. The van der Waals surface area contributed by atoms with Crippen LogP contribution in [-0.2, 0) is 11.8 Å². The molecule has 4 rings (SSSR count). The van der Waals surface area contributed by atoms with E-state index in [0.29, 0.717) is 45.7 Å². The van der Waals surface area contributed by atoms with Crippen molar-refractivity contribution in [3.05, 3.63) is 42.5 Å². The van der Waals surface area contributed by atoms with Gasteiger partial charge in [-0.2, -0.15) is 10.1 Å². The van der Waals surface area contributed by atoms with Crippen molar-refractivity contribution in [2.75, 3.05) is 28.9 Å². The van der Waals surface area contributed by atoms with E-state index in [1.165, 1.54) is 0 Å². The predicted octanol–water partition coefficient (Wildman–Crippen LogP) is 3.13. The molecule has 3 N–H and O–H groups in total. The SMILES string of the molecule is COc1ncccc1Nc1ncc2c(Nc3cc(NC(=O)CCl)cnc3C)nn(C)c2n1. The molecule has 11 nitrogen and oxygen atoms in total. The number of hydrogen-bond donors (Lipinski definition) is 3. The molecule has 0 spiro atoms. The average molecular weight is 454 g/mol. The summed E-state index contributed by atoms with van der Waals surface area (Å²) >= 11 is 5.56. The summed E-state index contributed by atoms with van der Waals surface area (Å²) in [5.41, 5.74) is 3.20. The molecule has 32 heavy (non-hydrogen) atoms. The first kappa shape index (κ1) is 21.2. The van der Waals surface area contributed by atoms with Crippen molar-refractivity contribution in [3.8, 4) is 5.88 Å². The van der Waals surface area contributed by atoms with Gasteiger partial charge in [-0.05, 0) is 25.1 Å². The number of carbonyl (C=O) groups is 1. The number of aryl methyl sites for hydroxylation is 2. The van der Waals surface area contributed by atoms with Crippen molar-refractivity contribution < 1.29 is 9.53 Å². The Morgan fingerprint density at radius 2 is 2.03 bits per heavy atom. The highest BCUT2D eigenvalue weighted by atomic mass is 35.5. The number of carbonyl (C=O) groups excluding carboxylic acids is 1. The van der Waals surface area contributed by atoms with Gasteiger partial charge in [-0.3, -0.25) is 9.78 Å². The van der Waals surface area contributed by atoms with E-state index >= 15 is 0 Å². The van der Waals surface area contributed by atoms with Gasteiger partial charge in [0.1, 0.15) is 11.6 Å². The molecule has 0 radical (unpaired) electrons. The fraction of sp³-hybridized carbons (Fsp3) is 0.200. The summed E-state index contributed by atoms with van der Waals surface area (Å²) in [6, 6.07) is 5.37. The summed E-state index contributed by atoms with van der Waals surface area (Å²) in [7, 11) is 3.33. The highest BCUT2D eigenvalue weighted by Crippen LogP contribution is 2.28. The maximum atomic E-state index is 11.6. The maximum Gasteiger partial charge on any atom is 0.239 e. The Labute approximate surface area is 188 Å². The molecule has 12 heteroatoms. The van der Waals surface area contributed by atoms with Crippen LogP contribution in [-0.4, -0.2) is 48.6 Å². The normalized spacial score (nSPS) is 10.8. The zero-order valence-electron chi connectivity index (χ0n) is 17.5. The monoisotopic (exact) mass is 453 g/mol. The van der Waals surface area contributed by atoms with Crippen molar-refractivity contribution in [3.63, 3.8) is 0 Å². The molecular formula is C20H20ClN9O2. The maximum absolute atomic E-state index is 11.6. The van der Waals surface area contributed by atoms with E-state index in [4.69, 9.17) is 16.3 Å². The molecule has 0 saturated carbocycles. The Bertz CT molecular complexity index is 1290. The van der Waals surface area contributed by atoms with Gasteiger partial charge in [-0.25, -0.2) is 14.6 Å². The van der Waals surface area contributed by atoms with Crippen LogP contribution < -0.4 is 20.7 Å². The summed E-state index contributed by atoms with van der Waals surface area (Å²) in [6.45, 7) is 1.85. The molecule has 1 amide bonds. The van der Waals surface area contributed by atoms with Crippen LogP contribution in [0.1, 0.15) is 5.69 Å². The zero-order valence-corrected chi connectivity index (χ0v) is 18.3. The lowest BCUT2D eigenvalue weighted by Gasteiger charge is -2.10. The summed E-state index contributed by atoms with van der Waals surface area (Å²) in [6.07, 6.45) is 4.88. The van der Waals surface area contributed by atoms with E-state index in [-0.39, 0.29) is 11.8 Å². The molecule has 0 saturated heterocycles. The van der Waals surface area contributed by atoms with Crippen molar-refractivity contribution >= 4 is 57.4 Å². The number of aromatic nitrogens is 6. The number of hydrogen-bond acceptors (Lipinski definition) is 9. The Balaban J connectivity index is 1.63. The van der Waals surface area contributed by atoms with Crippen LogP contribution in [0.5, 0.6) is 5.88 Å². The van der Waals surface area contributed by atoms with E-state index in [2.05, 4.69) is 41.0 Å². The van der Waals surface area contributed by atoms with Gasteiger partial charge >= 0.3 is 0 Å². The van der Waals surface area contributed by atoms with Gasteiger partial charge in [0.15, 0.2) is 11.5 Å². The molecule has 164 valence electrons. The van der Waals surface area contributed by atoms with Gasteiger partial charge in [0.05, 0.1) is 35.8 Å². The molecule has 4 heterocycles. The van der Waals surface area contributed by atoms with Gasteiger partial charge in [-0.15, -0.1) is 11.6 Å². The second-order valence-electron chi connectivity index (χ2n) is 6.75. The minimum absolute atomic E-state index is 0.139. The summed E-state index contributed by atoms with van der Waals surface area (Å²) in [5.74, 6) is 0.916. The first-order valence-corrected chi connectivity index (χ1v) is 10.1. The fourth-order valence-corrected chi connectivity index (χ4v) is 3.08. The minimum Gasteiger partial charge on any atom is -0.480 e. The number of fused-ring (bicyclic) bond motifs is 1. The Hall–Kier alpha value is -3.99. The number of methoxy groups -OCH3 is 1. The number of nitrogens with zero attached hydrogens (tertiary/aromatic N) is 6. The van der Waals surface area contributed by atoms with Crippen LogP contribution in [0.4, 0.5) is 28.8 Å². The standard InChI is InChI=1S/C20H20ClN9O2/c1-11-15(7-12(9-23-11)25-16(31)8-21)26-17-13-10-24-20(28-18(13)30(2)29-17)27-14-5-4-6-22-19(14)32-3/h4-7,9-10H,8H2,1-3H3,(H,25,31)(H,26,29)(H,24,27,28). The van der Waals surface area contributed by atoms with Crippen LogP contribution in [0.25, 0.3) is 11.0 Å². The number of ether oxygens (including phenoxy) is 1. The van der Waals surface area contributed by atoms with Crippen LogP contribution in [0.15, 0.2) is 36.8 Å². The first-order chi connectivity index (χ1) is 15.5. The number of anilines is 5. The van der Waals surface area contributed by atoms with Crippen molar-refractivity contribution in [1.29, 1.82) is 0 Å². The minimum atomic E-state index is -0.315. The second-order valence-corrected chi connectivity index (χ2v) is 7.02. The second kappa shape index (κ2) is 9.02. The lowest BCUT2D eigenvalue weighted by atomic mass is 10.2. The molecule has 4 aromatic heterocycles. The van der Waals surface area contributed by atoms with Crippen molar-refractivity contribution in [1.82, 2.24) is 29.7 Å². The van der Waals surface area contributed by atoms with Gasteiger partial charge in [-0.1, -0.05) is 0 Å². The number of amides is 1. The summed E-state index contributed by atoms with van der Waals surface area (Å²) in [5, 5.41) is 14.3. The Morgan fingerprint density at radius 1 is 1.19 bits per heavy atom. The molecule has 4 aromatic rings. The van der Waals surface area contributed by atoms with E-state index < -0.39 is 0 Å². The summed E-state index contributed by atoms with van der Waals surface area (Å²) < 4.78 is 6.90. The molecule has 0 aromatic carbocycles. The first-order valence-electron chi connectivity index (χ1n) is 9.53. The quantitative estimate of drug-likeness (QED) is 0.361. The van der Waals surface area contributed by atoms with E-state index in [9.17, 15) is 4.79 Å². The third kappa shape index (κ3) is 4.37. The third-order valence-electron chi connectivity index (χ3n) is 4.54. The Morgan fingerprint density at radius 3 is 2.81 bits per heavy atom. The van der Waals surface area contributed by atoms with Gasteiger partial charge in [0.2, 0.25) is 17.7 Å². The molecule has 0 fully saturated rings. The highest BCUT2D eigenvalue weighted by Gasteiger charge is 2.15. The number of pyridine rings is 2. The predicted molar refractivity (Wildman–Crippen MR) is 122 cm³/mol. The largest absolute Gasteiger partial charge is 0.480 e. The number of halogens is 1. The molecule has 0 aliphatic heterocycles. The molecular weight excluding hydrogens is 434 g/mol. The molecule has 0 unspecified atom stereocenters. The number of rotatable bonds is 7. The van der Waals surface area contributed by atoms with Gasteiger partial charge in [0, 0.05) is 19.4 Å². The number of nitrogens with one attached hydrogen (secondary N) is 3. The van der Waals surface area contributed by atoms with E-state index in [1.54, 1.807) is 49.6 Å². The van der Waals surface area contributed by atoms with E-state index in [1.807, 2.05) is 13.0 Å². The molecule has 0 bridgehead atoms. The van der Waals surface area contributed by atoms with Crippen LogP contribution >= 0.6 is 11.6 Å². The van der Waals surface area contributed by atoms with Crippen molar-refractivity contribution in [2.24, 2.45) is 7.05 Å².